The van der Waals surface area contributed by atoms with Crippen LogP contribution >= 0.6 is 0 Å². The minimum Gasteiger partial charge on any atom is -0.466 e. The van der Waals surface area contributed by atoms with Gasteiger partial charge in [-0.2, -0.15) is 0 Å². The minimum absolute atomic E-state index is 0.00727. The Morgan fingerprint density at radius 1 is 1.39 bits per heavy atom. The summed E-state index contributed by atoms with van der Waals surface area (Å²) in [4.78, 5) is 16.8. The molecule has 2 aliphatic heterocycles. The highest BCUT2D eigenvalue weighted by atomic mass is 16.5. The van der Waals surface area contributed by atoms with E-state index in [-0.39, 0.29) is 11.5 Å². The standard InChI is InChI=1S/C14H26N2O2/c1-4-18-13(17)11-14(15(2)3)8-10-16-9-6-5-7-12(14)16/h12H,4-11H2,1-3H3. The topological polar surface area (TPSA) is 32.8 Å². The highest BCUT2D eigenvalue weighted by Crippen LogP contribution is 2.40. The van der Waals surface area contributed by atoms with E-state index in [1.165, 1.54) is 25.8 Å². The number of esters is 1. The van der Waals surface area contributed by atoms with Gasteiger partial charge in [-0.05, 0) is 46.8 Å². The molecular weight excluding hydrogens is 228 g/mol. The summed E-state index contributed by atoms with van der Waals surface area (Å²) < 4.78 is 5.17. The van der Waals surface area contributed by atoms with E-state index in [1.54, 1.807) is 0 Å². The van der Waals surface area contributed by atoms with Gasteiger partial charge in [-0.3, -0.25) is 9.69 Å². The van der Waals surface area contributed by atoms with Gasteiger partial charge in [-0.25, -0.2) is 0 Å². The summed E-state index contributed by atoms with van der Waals surface area (Å²) in [6.07, 6.45) is 5.44. The average Bonchev–Trinajstić information content (AvgIpc) is 2.70. The summed E-state index contributed by atoms with van der Waals surface area (Å²) in [7, 11) is 4.22. The maximum Gasteiger partial charge on any atom is 0.307 e. The quantitative estimate of drug-likeness (QED) is 0.712. The van der Waals surface area contributed by atoms with Crippen molar-refractivity contribution in [3.63, 3.8) is 0 Å². The maximum absolute atomic E-state index is 11.9. The smallest absolute Gasteiger partial charge is 0.307 e. The van der Waals surface area contributed by atoms with E-state index in [9.17, 15) is 4.79 Å². The average molecular weight is 254 g/mol. The Morgan fingerprint density at radius 3 is 2.83 bits per heavy atom. The van der Waals surface area contributed by atoms with Crippen LogP contribution < -0.4 is 0 Å². The van der Waals surface area contributed by atoms with E-state index in [1.807, 2.05) is 6.92 Å². The first-order valence-electron chi connectivity index (χ1n) is 7.17. The Kier molecular flexibility index (Phi) is 4.28. The zero-order valence-corrected chi connectivity index (χ0v) is 11.9. The molecule has 0 bridgehead atoms. The van der Waals surface area contributed by atoms with E-state index in [0.29, 0.717) is 19.1 Å². The predicted octanol–water partition coefficient (Wildman–Crippen LogP) is 1.50. The number of rotatable bonds is 4. The number of carbonyl (C=O) groups is 1. The van der Waals surface area contributed by atoms with E-state index < -0.39 is 0 Å². The summed E-state index contributed by atoms with van der Waals surface area (Å²) in [6, 6.07) is 0.533. The molecule has 0 aromatic carbocycles. The van der Waals surface area contributed by atoms with Crippen molar-refractivity contribution >= 4 is 5.97 Å². The first-order valence-corrected chi connectivity index (χ1v) is 7.17. The van der Waals surface area contributed by atoms with Crippen LogP contribution in [0.15, 0.2) is 0 Å². The van der Waals surface area contributed by atoms with Crippen LogP contribution in [0, 0.1) is 0 Å². The number of likely N-dealkylation sites (N-methyl/N-ethyl adjacent to an activating group) is 1. The van der Waals surface area contributed by atoms with Gasteiger partial charge in [0.25, 0.3) is 0 Å². The zero-order chi connectivity index (χ0) is 13.2. The molecule has 0 N–H and O–H groups in total. The second kappa shape index (κ2) is 5.57. The van der Waals surface area contributed by atoms with Gasteiger partial charge in [0.2, 0.25) is 0 Å². The molecule has 2 heterocycles. The lowest BCUT2D eigenvalue weighted by molar-refractivity contribution is -0.147. The van der Waals surface area contributed by atoms with Gasteiger partial charge in [0.05, 0.1) is 13.0 Å². The van der Waals surface area contributed by atoms with Crippen molar-refractivity contribution in [3.05, 3.63) is 0 Å². The number of ether oxygens (including phenoxy) is 1. The van der Waals surface area contributed by atoms with Crippen molar-refractivity contribution in [3.8, 4) is 0 Å². The molecule has 0 saturated carbocycles. The lowest BCUT2D eigenvalue weighted by atomic mass is 9.81. The van der Waals surface area contributed by atoms with E-state index in [4.69, 9.17) is 4.74 Å². The number of fused-ring (bicyclic) bond motifs is 1. The van der Waals surface area contributed by atoms with Crippen LogP contribution in [0.4, 0.5) is 0 Å². The molecule has 2 saturated heterocycles. The molecule has 2 fully saturated rings. The zero-order valence-electron chi connectivity index (χ0n) is 11.9. The molecular formula is C14H26N2O2. The van der Waals surface area contributed by atoms with E-state index in [0.717, 1.165) is 13.0 Å². The SMILES string of the molecule is CCOC(=O)CC1(N(C)C)CCN2CCCCC21. The number of nitrogens with zero attached hydrogens (tertiary/aromatic N) is 2. The van der Waals surface area contributed by atoms with Crippen LogP contribution in [0.2, 0.25) is 0 Å². The molecule has 2 atom stereocenters. The Hall–Kier alpha value is -0.610. The lowest BCUT2D eigenvalue weighted by Crippen LogP contribution is -2.56. The summed E-state index contributed by atoms with van der Waals surface area (Å²) in [5, 5.41) is 0. The Labute approximate surface area is 110 Å². The van der Waals surface area contributed by atoms with Crippen LogP contribution in [-0.4, -0.2) is 61.1 Å². The summed E-state index contributed by atoms with van der Waals surface area (Å²) in [5.41, 5.74) is -0.00727. The van der Waals surface area contributed by atoms with E-state index >= 15 is 0 Å². The highest BCUT2D eigenvalue weighted by Gasteiger charge is 2.50. The first kappa shape index (κ1) is 13.8. The number of carbonyl (C=O) groups excluding carboxylic acids is 1. The second-order valence-electron chi connectivity index (χ2n) is 5.78. The van der Waals surface area contributed by atoms with Crippen LogP contribution in [0.1, 0.15) is 39.0 Å². The first-order chi connectivity index (χ1) is 8.60. The lowest BCUT2D eigenvalue weighted by Gasteiger charge is -2.44. The van der Waals surface area contributed by atoms with Crippen molar-refractivity contribution < 1.29 is 9.53 Å². The Morgan fingerprint density at radius 2 is 2.17 bits per heavy atom. The van der Waals surface area contributed by atoms with Gasteiger partial charge in [-0.1, -0.05) is 6.42 Å². The van der Waals surface area contributed by atoms with Crippen LogP contribution in [0.25, 0.3) is 0 Å². The van der Waals surface area contributed by atoms with Crippen LogP contribution in [-0.2, 0) is 9.53 Å². The molecule has 0 spiro atoms. The van der Waals surface area contributed by atoms with Crippen LogP contribution in [0.5, 0.6) is 0 Å². The molecule has 0 aromatic heterocycles. The largest absolute Gasteiger partial charge is 0.466 e. The molecule has 0 aromatic rings. The molecule has 2 unspecified atom stereocenters. The molecule has 2 rings (SSSR count). The van der Waals surface area contributed by atoms with Gasteiger partial charge in [0.15, 0.2) is 0 Å². The Balaban J connectivity index is 2.14. The number of piperidine rings is 1. The number of hydrogen-bond acceptors (Lipinski definition) is 4. The minimum atomic E-state index is -0.0429. The monoisotopic (exact) mass is 254 g/mol. The van der Waals surface area contributed by atoms with Gasteiger partial charge >= 0.3 is 5.97 Å². The summed E-state index contributed by atoms with van der Waals surface area (Å²) in [6.45, 7) is 4.68. The maximum atomic E-state index is 11.9. The Bertz CT molecular complexity index is 306. The van der Waals surface area contributed by atoms with Crippen molar-refractivity contribution in [2.24, 2.45) is 0 Å². The molecule has 4 nitrogen and oxygen atoms in total. The fourth-order valence-corrected chi connectivity index (χ4v) is 3.72. The predicted molar refractivity (Wildman–Crippen MR) is 71.5 cm³/mol. The summed E-state index contributed by atoms with van der Waals surface area (Å²) >= 11 is 0. The second-order valence-corrected chi connectivity index (χ2v) is 5.78. The van der Waals surface area contributed by atoms with Crippen molar-refractivity contribution in [2.45, 2.75) is 50.6 Å². The third kappa shape index (κ3) is 2.41. The molecule has 104 valence electrons. The fourth-order valence-electron chi connectivity index (χ4n) is 3.72. The van der Waals surface area contributed by atoms with Crippen molar-refractivity contribution in [2.75, 3.05) is 33.8 Å². The normalized spacial score (nSPS) is 32.6. The molecule has 0 amide bonds. The van der Waals surface area contributed by atoms with Crippen LogP contribution in [0.3, 0.4) is 0 Å². The third-order valence-electron chi connectivity index (χ3n) is 4.71. The van der Waals surface area contributed by atoms with Gasteiger partial charge in [-0.15, -0.1) is 0 Å². The molecule has 0 radical (unpaired) electrons. The molecule has 0 aliphatic carbocycles. The highest BCUT2D eigenvalue weighted by molar-refractivity contribution is 5.71. The van der Waals surface area contributed by atoms with Gasteiger partial charge < -0.3 is 9.64 Å². The van der Waals surface area contributed by atoms with E-state index in [2.05, 4.69) is 23.9 Å². The van der Waals surface area contributed by atoms with Crippen molar-refractivity contribution in [1.82, 2.24) is 9.80 Å². The fraction of sp³-hybridized carbons (Fsp3) is 0.929. The number of hydrogen-bond donors (Lipinski definition) is 0. The molecule has 2 aliphatic rings. The van der Waals surface area contributed by atoms with Gasteiger partial charge in [0.1, 0.15) is 0 Å². The van der Waals surface area contributed by atoms with Gasteiger partial charge in [0, 0.05) is 18.1 Å². The van der Waals surface area contributed by atoms with Crippen molar-refractivity contribution in [1.29, 1.82) is 0 Å². The molecule has 18 heavy (non-hydrogen) atoms. The summed E-state index contributed by atoms with van der Waals surface area (Å²) in [5.74, 6) is -0.0429. The molecule has 4 heteroatoms. The third-order valence-corrected chi connectivity index (χ3v) is 4.71.